The van der Waals surface area contributed by atoms with Crippen LogP contribution in [0.25, 0.3) is 11.1 Å². The summed E-state index contributed by atoms with van der Waals surface area (Å²) in [6.45, 7) is 2.85. The van der Waals surface area contributed by atoms with Gasteiger partial charge in [0.15, 0.2) is 6.61 Å². The summed E-state index contributed by atoms with van der Waals surface area (Å²) in [5.74, 6) is -1.95. The first-order valence-electron chi connectivity index (χ1n) is 7.44. The molecule has 0 unspecified atom stereocenters. The van der Waals surface area contributed by atoms with Crippen LogP contribution in [0.15, 0.2) is 22.0 Å². The summed E-state index contributed by atoms with van der Waals surface area (Å²) in [5.41, 5.74) is 6.90. The molecule has 0 bridgehead atoms. The highest BCUT2D eigenvalue weighted by molar-refractivity contribution is 7.14. The van der Waals surface area contributed by atoms with Crippen molar-refractivity contribution in [1.29, 1.82) is 0 Å². The number of thiophene rings is 1. The minimum atomic E-state index is -0.705. The number of fused-ring (bicyclic) bond motifs is 1. The van der Waals surface area contributed by atoms with Gasteiger partial charge in [-0.2, -0.15) is 0 Å². The number of carbonyl (C=O) groups is 3. The first-order valence-corrected chi connectivity index (χ1v) is 8.32. The van der Waals surface area contributed by atoms with Gasteiger partial charge in [-0.3, -0.25) is 9.59 Å². The number of primary amides is 1. The Labute approximate surface area is 151 Å². The summed E-state index contributed by atoms with van der Waals surface area (Å²) in [4.78, 5) is 39.8. The molecule has 0 spiro atoms. The molecule has 3 aromatic rings. The predicted molar refractivity (Wildman–Crippen MR) is 93.0 cm³/mol. The Bertz CT molecular complexity index is 1020. The minimum absolute atomic E-state index is 0.196. The number of anilines is 1. The van der Waals surface area contributed by atoms with Crippen LogP contribution in [-0.4, -0.2) is 34.5 Å². The van der Waals surface area contributed by atoms with Crippen molar-refractivity contribution in [2.75, 3.05) is 11.9 Å². The molecule has 3 N–H and O–H groups in total. The van der Waals surface area contributed by atoms with Gasteiger partial charge in [0, 0.05) is 5.69 Å². The Morgan fingerprint density at radius 3 is 2.81 bits per heavy atom. The van der Waals surface area contributed by atoms with E-state index in [1.807, 2.05) is 0 Å². The third kappa shape index (κ3) is 3.40. The van der Waals surface area contributed by atoms with Gasteiger partial charge in [0.25, 0.3) is 17.5 Å². The molecule has 2 amide bonds. The second-order valence-electron chi connectivity index (χ2n) is 5.41. The highest BCUT2D eigenvalue weighted by Crippen LogP contribution is 2.24. The molecule has 0 saturated heterocycles. The molecule has 10 heteroatoms. The molecule has 134 valence electrons. The molecule has 9 nitrogen and oxygen atoms in total. The fraction of sp³-hybridized carbons (Fsp3) is 0.188. The van der Waals surface area contributed by atoms with Crippen LogP contribution in [0.2, 0.25) is 0 Å². The zero-order valence-electron chi connectivity index (χ0n) is 13.9. The second kappa shape index (κ2) is 6.92. The Hall–Kier alpha value is -3.27. The van der Waals surface area contributed by atoms with Crippen molar-refractivity contribution in [2.24, 2.45) is 5.73 Å². The number of nitrogens with two attached hydrogens (primary N) is 1. The lowest BCUT2D eigenvalue weighted by Gasteiger charge is -2.07. The van der Waals surface area contributed by atoms with Gasteiger partial charge in [0.05, 0.1) is 22.2 Å². The number of esters is 1. The van der Waals surface area contributed by atoms with Crippen LogP contribution in [0.1, 0.15) is 32.1 Å². The Kier molecular flexibility index (Phi) is 4.67. The van der Waals surface area contributed by atoms with Crippen molar-refractivity contribution in [3.8, 4) is 0 Å². The number of rotatable bonds is 5. The quantitative estimate of drug-likeness (QED) is 0.649. The highest BCUT2D eigenvalue weighted by atomic mass is 32.1. The van der Waals surface area contributed by atoms with Crippen molar-refractivity contribution in [2.45, 2.75) is 13.8 Å². The first kappa shape index (κ1) is 17.5. The maximum atomic E-state index is 12.4. The number of nitrogens with zero attached hydrogens (tertiary/aromatic N) is 2. The van der Waals surface area contributed by atoms with E-state index < -0.39 is 24.4 Å². The lowest BCUT2D eigenvalue weighted by Crippen LogP contribution is -2.22. The van der Waals surface area contributed by atoms with E-state index >= 15 is 0 Å². The first-order chi connectivity index (χ1) is 12.4. The largest absolute Gasteiger partial charge is 0.452 e. The molecular weight excluding hydrogens is 360 g/mol. The number of hydrogen-bond donors (Lipinski definition) is 2. The van der Waals surface area contributed by atoms with Crippen LogP contribution in [0.5, 0.6) is 0 Å². The van der Waals surface area contributed by atoms with Gasteiger partial charge in [-0.05, 0) is 31.4 Å². The second-order valence-corrected chi connectivity index (χ2v) is 6.33. The summed E-state index contributed by atoms with van der Waals surface area (Å²) in [5, 5.41) is 8.64. The molecule has 0 aliphatic carbocycles. The number of aromatic nitrogens is 2. The maximum absolute atomic E-state index is 12.4. The van der Waals surface area contributed by atoms with Gasteiger partial charge in [-0.25, -0.2) is 9.78 Å². The van der Waals surface area contributed by atoms with E-state index in [1.165, 1.54) is 12.1 Å². The molecule has 3 aromatic heterocycles. The molecule has 0 aromatic carbocycles. The summed E-state index contributed by atoms with van der Waals surface area (Å²) in [6, 6.07) is 3.04. The SMILES string of the molecule is Cc1cc(C(=O)OCC(=O)Nc2sccc2C(N)=O)c2c(C)noc2n1. The topological polar surface area (TPSA) is 137 Å². The Morgan fingerprint density at radius 2 is 2.08 bits per heavy atom. The Morgan fingerprint density at radius 1 is 1.31 bits per heavy atom. The van der Waals surface area contributed by atoms with E-state index in [1.54, 1.807) is 19.2 Å². The van der Waals surface area contributed by atoms with Crippen LogP contribution in [0, 0.1) is 13.8 Å². The van der Waals surface area contributed by atoms with Crippen LogP contribution in [-0.2, 0) is 9.53 Å². The lowest BCUT2D eigenvalue weighted by molar-refractivity contribution is -0.119. The molecule has 3 rings (SSSR count). The molecular formula is C16H14N4O5S. The average Bonchev–Trinajstić information content (AvgIpc) is 3.19. The summed E-state index contributed by atoms with van der Waals surface area (Å²) in [7, 11) is 0. The van der Waals surface area contributed by atoms with Gasteiger partial charge in [0.2, 0.25) is 0 Å². The smallest absolute Gasteiger partial charge is 0.339 e. The molecule has 0 aliphatic rings. The van der Waals surface area contributed by atoms with Crippen molar-refractivity contribution in [1.82, 2.24) is 10.1 Å². The van der Waals surface area contributed by atoms with E-state index in [0.29, 0.717) is 21.8 Å². The summed E-state index contributed by atoms with van der Waals surface area (Å²) < 4.78 is 10.1. The van der Waals surface area contributed by atoms with E-state index in [-0.39, 0.29) is 16.8 Å². The number of amides is 2. The van der Waals surface area contributed by atoms with E-state index in [0.717, 1.165) is 11.3 Å². The predicted octanol–water partition coefficient (Wildman–Crippen LogP) is 1.80. The lowest BCUT2D eigenvalue weighted by atomic mass is 10.1. The number of aryl methyl sites for hydroxylation is 2. The van der Waals surface area contributed by atoms with Crippen LogP contribution in [0.4, 0.5) is 5.00 Å². The molecule has 0 saturated carbocycles. The third-order valence-electron chi connectivity index (χ3n) is 3.48. The molecule has 3 heterocycles. The van der Waals surface area contributed by atoms with Gasteiger partial charge in [-0.1, -0.05) is 5.16 Å². The van der Waals surface area contributed by atoms with Crippen LogP contribution >= 0.6 is 11.3 Å². The summed E-state index contributed by atoms with van der Waals surface area (Å²) >= 11 is 1.14. The molecule has 0 radical (unpaired) electrons. The van der Waals surface area contributed by atoms with Gasteiger partial charge < -0.3 is 20.3 Å². The molecule has 26 heavy (non-hydrogen) atoms. The number of hydrogen-bond acceptors (Lipinski definition) is 8. The Balaban J connectivity index is 1.71. The maximum Gasteiger partial charge on any atom is 0.339 e. The molecule has 0 aliphatic heterocycles. The standard InChI is InChI=1S/C16H14N4O5S/c1-7-5-10(12-8(2)20-25-14(12)18-7)16(23)24-6-11(21)19-15-9(13(17)22)3-4-26-15/h3-5H,6H2,1-2H3,(H2,17,22)(H,19,21). The number of nitrogens with one attached hydrogen (secondary N) is 1. The van der Waals surface area contributed by atoms with E-state index in [4.69, 9.17) is 15.0 Å². The molecule has 0 atom stereocenters. The van der Waals surface area contributed by atoms with Crippen molar-refractivity contribution in [3.05, 3.63) is 40.0 Å². The summed E-state index contributed by atoms with van der Waals surface area (Å²) in [6.07, 6.45) is 0. The van der Waals surface area contributed by atoms with E-state index in [9.17, 15) is 14.4 Å². The highest BCUT2D eigenvalue weighted by Gasteiger charge is 2.20. The van der Waals surface area contributed by atoms with Gasteiger partial charge in [0.1, 0.15) is 5.00 Å². The normalized spacial score (nSPS) is 10.7. The van der Waals surface area contributed by atoms with Crippen molar-refractivity contribution < 1.29 is 23.6 Å². The van der Waals surface area contributed by atoms with Crippen molar-refractivity contribution in [3.63, 3.8) is 0 Å². The monoisotopic (exact) mass is 374 g/mol. The number of ether oxygens (including phenoxy) is 1. The fourth-order valence-corrected chi connectivity index (χ4v) is 3.16. The van der Waals surface area contributed by atoms with Gasteiger partial charge >= 0.3 is 5.97 Å². The van der Waals surface area contributed by atoms with Gasteiger partial charge in [-0.15, -0.1) is 11.3 Å². The third-order valence-corrected chi connectivity index (χ3v) is 4.31. The average molecular weight is 374 g/mol. The van der Waals surface area contributed by atoms with Crippen LogP contribution in [0.3, 0.4) is 0 Å². The zero-order chi connectivity index (χ0) is 18.8. The fourth-order valence-electron chi connectivity index (χ4n) is 2.35. The van der Waals surface area contributed by atoms with Crippen LogP contribution < -0.4 is 11.1 Å². The molecule has 0 fully saturated rings. The number of pyridine rings is 1. The number of carbonyl (C=O) groups excluding carboxylic acids is 3. The van der Waals surface area contributed by atoms with E-state index in [2.05, 4.69) is 15.5 Å². The van der Waals surface area contributed by atoms with Crippen molar-refractivity contribution >= 4 is 45.2 Å². The minimum Gasteiger partial charge on any atom is -0.452 e. The zero-order valence-corrected chi connectivity index (χ0v) is 14.7.